The highest BCUT2D eigenvalue weighted by molar-refractivity contribution is 5.44. The van der Waals surface area contributed by atoms with Gasteiger partial charge in [-0.1, -0.05) is 30.3 Å². The molecular formula is C13H15N3. The maximum atomic E-state index is 4.55. The molecule has 3 heteroatoms. The van der Waals surface area contributed by atoms with E-state index in [2.05, 4.69) is 53.7 Å². The van der Waals surface area contributed by atoms with Crippen LogP contribution in [0.1, 0.15) is 24.3 Å². The topological polar surface area (TPSA) is 29.9 Å². The highest BCUT2D eigenvalue weighted by Crippen LogP contribution is 2.27. The third-order valence-corrected chi connectivity index (χ3v) is 3.02. The zero-order chi connectivity index (χ0) is 11.0. The SMILES string of the molecule is CC1Nc2cc(CCc3ccccc3)nn21. The molecule has 1 aromatic heterocycles. The van der Waals surface area contributed by atoms with E-state index < -0.39 is 0 Å². The van der Waals surface area contributed by atoms with E-state index in [4.69, 9.17) is 0 Å². The fourth-order valence-electron chi connectivity index (χ4n) is 2.10. The summed E-state index contributed by atoms with van der Waals surface area (Å²) in [4.78, 5) is 0. The maximum Gasteiger partial charge on any atom is 0.128 e. The van der Waals surface area contributed by atoms with Gasteiger partial charge in [0, 0.05) is 6.07 Å². The molecule has 0 amide bonds. The third-order valence-electron chi connectivity index (χ3n) is 3.02. The Morgan fingerprint density at radius 1 is 1.25 bits per heavy atom. The van der Waals surface area contributed by atoms with Crippen molar-refractivity contribution in [3.63, 3.8) is 0 Å². The summed E-state index contributed by atoms with van der Waals surface area (Å²) in [5.41, 5.74) is 2.55. The number of fused-ring (bicyclic) bond motifs is 1. The molecular weight excluding hydrogens is 198 g/mol. The van der Waals surface area contributed by atoms with Crippen LogP contribution in [0.2, 0.25) is 0 Å². The maximum absolute atomic E-state index is 4.55. The van der Waals surface area contributed by atoms with Crippen molar-refractivity contribution in [3.8, 4) is 0 Å². The first-order chi connectivity index (χ1) is 7.83. The summed E-state index contributed by atoms with van der Waals surface area (Å²) in [7, 11) is 0. The average molecular weight is 213 g/mol. The van der Waals surface area contributed by atoms with Crippen molar-refractivity contribution in [3.05, 3.63) is 47.7 Å². The average Bonchev–Trinajstić information content (AvgIpc) is 2.65. The monoisotopic (exact) mass is 213 g/mol. The van der Waals surface area contributed by atoms with Gasteiger partial charge in [0.1, 0.15) is 12.0 Å². The Balaban J connectivity index is 1.67. The van der Waals surface area contributed by atoms with Crippen LogP contribution < -0.4 is 5.32 Å². The highest BCUT2D eigenvalue weighted by Gasteiger charge is 2.22. The van der Waals surface area contributed by atoms with Crippen molar-refractivity contribution in [2.24, 2.45) is 0 Å². The second-order valence-electron chi connectivity index (χ2n) is 4.27. The molecule has 0 fully saturated rings. The van der Waals surface area contributed by atoms with Crippen molar-refractivity contribution in [1.29, 1.82) is 0 Å². The van der Waals surface area contributed by atoms with Crippen molar-refractivity contribution in [2.45, 2.75) is 25.9 Å². The smallest absolute Gasteiger partial charge is 0.128 e. The van der Waals surface area contributed by atoms with Crippen LogP contribution in [-0.2, 0) is 12.8 Å². The number of anilines is 1. The normalized spacial score (nSPS) is 17.4. The van der Waals surface area contributed by atoms with Gasteiger partial charge in [-0.3, -0.25) is 0 Å². The standard InChI is InChI=1S/C13H15N3/c1-10-14-13-9-12(15-16(10)13)8-7-11-5-3-2-4-6-11/h2-6,9-10,14H,7-8H2,1H3. The molecule has 1 atom stereocenters. The summed E-state index contributed by atoms with van der Waals surface area (Å²) < 4.78 is 2.04. The number of hydrogen-bond donors (Lipinski definition) is 1. The molecule has 2 aromatic rings. The molecule has 0 radical (unpaired) electrons. The van der Waals surface area contributed by atoms with Crippen LogP contribution in [0.25, 0.3) is 0 Å². The number of nitrogens with one attached hydrogen (secondary N) is 1. The van der Waals surface area contributed by atoms with E-state index in [0.717, 1.165) is 18.7 Å². The number of rotatable bonds is 3. The number of aromatic nitrogens is 2. The molecule has 1 unspecified atom stereocenters. The summed E-state index contributed by atoms with van der Waals surface area (Å²) in [5, 5.41) is 7.85. The lowest BCUT2D eigenvalue weighted by molar-refractivity contribution is 0.479. The van der Waals surface area contributed by atoms with E-state index in [1.807, 2.05) is 4.68 Å². The zero-order valence-corrected chi connectivity index (χ0v) is 9.35. The first-order valence-electron chi connectivity index (χ1n) is 5.72. The predicted octanol–water partition coefficient (Wildman–Crippen LogP) is 2.61. The highest BCUT2D eigenvalue weighted by atomic mass is 15.5. The molecule has 0 saturated carbocycles. The van der Waals surface area contributed by atoms with Gasteiger partial charge in [-0.05, 0) is 25.3 Å². The summed E-state index contributed by atoms with van der Waals surface area (Å²) in [6.07, 6.45) is 2.44. The van der Waals surface area contributed by atoms with Gasteiger partial charge in [-0.2, -0.15) is 5.10 Å². The van der Waals surface area contributed by atoms with Crippen LogP contribution in [0.15, 0.2) is 36.4 Å². The second kappa shape index (κ2) is 3.67. The van der Waals surface area contributed by atoms with Gasteiger partial charge < -0.3 is 5.32 Å². The van der Waals surface area contributed by atoms with E-state index in [-0.39, 0.29) is 0 Å². The van der Waals surface area contributed by atoms with Gasteiger partial charge in [0.05, 0.1) is 5.69 Å². The molecule has 2 heterocycles. The van der Waals surface area contributed by atoms with Crippen LogP contribution in [-0.4, -0.2) is 9.78 Å². The molecule has 0 aliphatic carbocycles. The van der Waals surface area contributed by atoms with E-state index in [9.17, 15) is 0 Å². The van der Waals surface area contributed by atoms with Crippen LogP contribution in [0.4, 0.5) is 5.82 Å². The third kappa shape index (κ3) is 1.58. The van der Waals surface area contributed by atoms with Crippen molar-refractivity contribution >= 4 is 5.82 Å². The molecule has 1 N–H and O–H groups in total. The zero-order valence-electron chi connectivity index (χ0n) is 9.35. The molecule has 1 aliphatic heterocycles. The second-order valence-corrected chi connectivity index (χ2v) is 4.27. The Hall–Kier alpha value is -1.77. The minimum atomic E-state index is 0.362. The minimum absolute atomic E-state index is 0.362. The lowest BCUT2D eigenvalue weighted by Crippen LogP contribution is -2.28. The number of aryl methyl sites for hydroxylation is 2. The Kier molecular flexibility index (Phi) is 2.17. The van der Waals surface area contributed by atoms with Gasteiger partial charge in [0.25, 0.3) is 0 Å². The molecule has 0 spiro atoms. The molecule has 1 aliphatic rings. The molecule has 1 aromatic carbocycles. The summed E-state index contributed by atoms with van der Waals surface area (Å²) >= 11 is 0. The van der Waals surface area contributed by atoms with Crippen LogP contribution >= 0.6 is 0 Å². The molecule has 0 saturated heterocycles. The quantitative estimate of drug-likeness (QED) is 0.849. The Morgan fingerprint density at radius 2 is 2.06 bits per heavy atom. The number of nitrogens with zero attached hydrogens (tertiary/aromatic N) is 2. The first kappa shape index (κ1) is 9.46. The molecule has 0 bridgehead atoms. The molecule has 3 rings (SSSR count). The number of hydrogen-bond acceptors (Lipinski definition) is 2. The summed E-state index contributed by atoms with van der Waals surface area (Å²) in [6, 6.07) is 12.7. The van der Waals surface area contributed by atoms with Crippen molar-refractivity contribution < 1.29 is 0 Å². The van der Waals surface area contributed by atoms with Crippen LogP contribution in [0.5, 0.6) is 0 Å². The lowest BCUT2D eigenvalue weighted by atomic mass is 10.1. The van der Waals surface area contributed by atoms with E-state index >= 15 is 0 Å². The lowest BCUT2D eigenvalue weighted by Gasteiger charge is -2.26. The van der Waals surface area contributed by atoms with Gasteiger partial charge >= 0.3 is 0 Å². The fourth-order valence-corrected chi connectivity index (χ4v) is 2.10. The predicted molar refractivity (Wildman–Crippen MR) is 64.4 cm³/mol. The van der Waals surface area contributed by atoms with Gasteiger partial charge in [-0.15, -0.1) is 0 Å². The minimum Gasteiger partial charge on any atom is -0.349 e. The Bertz CT molecular complexity index is 487. The van der Waals surface area contributed by atoms with E-state index in [0.29, 0.717) is 6.17 Å². The summed E-state index contributed by atoms with van der Waals surface area (Å²) in [6.45, 7) is 2.11. The molecule has 3 nitrogen and oxygen atoms in total. The van der Waals surface area contributed by atoms with Crippen molar-refractivity contribution in [1.82, 2.24) is 9.78 Å². The largest absolute Gasteiger partial charge is 0.349 e. The van der Waals surface area contributed by atoms with Crippen molar-refractivity contribution in [2.75, 3.05) is 5.32 Å². The van der Waals surface area contributed by atoms with E-state index in [1.165, 1.54) is 11.3 Å². The summed E-state index contributed by atoms with van der Waals surface area (Å²) in [5.74, 6) is 1.15. The van der Waals surface area contributed by atoms with Gasteiger partial charge in [0.2, 0.25) is 0 Å². The van der Waals surface area contributed by atoms with E-state index in [1.54, 1.807) is 0 Å². The van der Waals surface area contributed by atoms with Gasteiger partial charge in [0.15, 0.2) is 0 Å². The Labute approximate surface area is 95.1 Å². The molecule has 82 valence electrons. The fraction of sp³-hybridized carbons (Fsp3) is 0.308. The molecule has 16 heavy (non-hydrogen) atoms. The van der Waals surface area contributed by atoms with Crippen LogP contribution in [0.3, 0.4) is 0 Å². The van der Waals surface area contributed by atoms with Gasteiger partial charge in [-0.25, -0.2) is 4.68 Å². The first-order valence-corrected chi connectivity index (χ1v) is 5.72. The number of benzene rings is 1. The Morgan fingerprint density at radius 3 is 2.75 bits per heavy atom. The van der Waals surface area contributed by atoms with Crippen LogP contribution in [0, 0.1) is 0 Å².